The smallest absolute Gasteiger partial charge is 0.128 e. The van der Waals surface area contributed by atoms with Gasteiger partial charge in [0.2, 0.25) is 0 Å². The zero-order chi connectivity index (χ0) is 12.8. The maximum absolute atomic E-state index is 10.3. The molecule has 1 saturated carbocycles. The van der Waals surface area contributed by atoms with Gasteiger partial charge in [-0.1, -0.05) is 19.9 Å². The molecule has 1 heterocycles. The molecule has 2 heteroatoms. The fourth-order valence-electron chi connectivity index (χ4n) is 2.95. The molecule has 0 unspecified atom stereocenters. The van der Waals surface area contributed by atoms with E-state index in [0.29, 0.717) is 5.75 Å². The summed E-state index contributed by atoms with van der Waals surface area (Å²) in [4.78, 5) is 0. The highest BCUT2D eigenvalue weighted by atomic mass is 16.5. The Bertz CT molecular complexity index is 510. The van der Waals surface area contributed by atoms with Gasteiger partial charge >= 0.3 is 0 Å². The van der Waals surface area contributed by atoms with E-state index >= 15 is 0 Å². The molecule has 2 aliphatic rings. The van der Waals surface area contributed by atoms with Crippen LogP contribution in [0.2, 0.25) is 0 Å². The van der Waals surface area contributed by atoms with E-state index in [-0.39, 0.29) is 5.60 Å². The minimum absolute atomic E-state index is 0.0417. The van der Waals surface area contributed by atoms with Crippen LogP contribution >= 0.6 is 0 Å². The monoisotopic (exact) mass is 244 g/mol. The molecule has 96 valence electrons. The van der Waals surface area contributed by atoms with Crippen molar-refractivity contribution in [2.45, 2.75) is 51.6 Å². The second kappa shape index (κ2) is 4.04. The van der Waals surface area contributed by atoms with E-state index in [1.165, 1.54) is 6.42 Å². The number of phenols is 1. The van der Waals surface area contributed by atoms with Gasteiger partial charge in [0.05, 0.1) is 0 Å². The molecule has 0 radical (unpaired) electrons. The number of ether oxygens (including phenoxy) is 1. The first kappa shape index (κ1) is 11.6. The predicted octanol–water partition coefficient (Wildman–Crippen LogP) is 3.85. The molecular formula is C16H20O2. The molecule has 2 nitrogen and oxygen atoms in total. The first-order valence-corrected chi connectivity index (χ1v) is 6.95. The number of benzene rings is 1. The Morgan fingerprint density at radius 1 is 1.28 bits per heavy atom. The van der Waals surface area contributed by atoms with Crippen molar-refractivity contribution in [2.24, 2.45) is 0 Å². The Morgan fingerprint density at radius 2 is 2.06 bits per heavy atom. The summed E-state index contributed by atoms with van der Waals surface area (Å²) in [6.07, 6.45) is 9.49. The van der Waals surface area contributed by atoms with Crippen molar-refractivity contribution in [3.8, 4) is 11.5 Å². The minimum atomic E-state index is -0.0417. The lowest BCUT2D eigenvalue weighted by Gasteiger charge is -2.42. The van der Waals surface area contributed by atoms with E-state index in [2.05, 4.69) is 26.0 Å². The van der Waals surface area contributed by atoms with Gasteiger partial charge in [0.25, 0.3) is 0 Å². The molecule has 0 saturated heterocycles. The SMILES string of the molecule is CCc1cc2c(c(CC)c1O)C=CC1(CCC1)O2. The summed E-state index contributed by atoms with van der Waals surface area (Å²) in [7, 11) is 0. The summed E-state index contributed by atoms with van der Waals surface area (Å²) in [5.41, 5.74) is 3.05. The van der Waals surface area contributed by atoms with Crippen molar-refractivity contribution in [1.82, 2.24) is 0 Å². The second-order valence-corrected chi connectivity index (χ2v) is 5.34. The van der Waals surface area contributed by atoms with E-state index in [9.17, 15) is 5.11 Å². The van der Waals surface area contributed by atoms with Crippen LogP contribution in [-0.4, -0.2) is 10.7 Å². The molecule has 1 aromatic rings. The van der Waals surface area contributed by atoms with Gasteiger partial charge in [-0.2, -0.15) is 0 Å². The van der Waals surface area contributed by atoms with Crippen LogP contribution in [0.1, 0.15) is 49.8 Å². The van der Waals surface area contributed by atoms with Crippen molar-refractivity contribution >= 4 is 6.08 Å². The molecule has 1 aliphatic heterocycles. The highest BCUT2D eigenvalue weighted by Crippen LogP contribution is 2.46. The largest absolute Gasteiger partial charge is 0.507 e. The Hall–Kier alpha value is -1.44. The zero-order valence-electron chi connectivity index (χ0n) is 11.1. The molecule has 3 rings (SSSR count). The molecule has 0 aromatic heterocycles. The van der Waals surface area contributed by atoms with Crippen molar-refractivity contribution in [3.63, 3.8) is 0 Å². The van der Waals surface area contributed by atoms with Crippen LogP contribution in [0, 0.1) is 0 Å². The van der Waals surface area contributed by atoms with Crippen LogP contribution in [0.25, 0.3) is 6.08 Å². The fourth-order valence-corrected chi connectivity index (χ4v) is 2.95. The average Bonchev–Trinajstić information content (AvgIpc) is 2.35. The number of phenolic OH excluding ortho intramolecular Hbond substituents is 1. The van der Waals surface area contributed by atoms with Crippen molar-refractivity contribution < 1.29 is 9.84 Å². The summed E-state index contributed by atoms with van der Waals surface area (Å²) < 4.78 is 6.20. The van der Waals surface area contributed by atoms with Crippen LogP contribution in [0.15, 0.2) is 12.1 Å². The van der Waals surface area contributed by atoms with Crippen LogP contribution < -0.4 is 4.74 Å². The van der Waals surface area contributed by atoms with E-state index in [0.717, 1.165) is 48.1 Å². The van der Waals surface area contributed by atoms with Crippen molar-refractivity contribution in [1.29, 1.82) is 0 Å². The van der Waals surface area contributed by atoms with Crippen LogP contribution in [0.3, 0.4) is 0 Å². The summed E-state index contributed by atoms with van der Waals surface area (Å²) >= 11 is 0. The summed E-state index contributed by atoms with van der Waals surface area (Å²) in [6.45, 7) is 4.15. The third-order valence-corrected chi connectivity index (χ3v) is 4.29. The van der Waals surface area contributed by atoms with E-state index in [4.69, 9.17) is 4.74 Å². The molecule has 0 atom stereocenters. The van der Waals surface area contributed by atoms with Gasteiger partial charge < -0.3 is 9.84 Å². The predicted molar refractivity (Wildman–Crippen MR) is 73.1 cm³/mol. The van der Waals surface area contributed by atoms with Crippen LogP contribution in [0.4, 0.5) is 0 Å². The number of hydrogen-bond acceptors (Lipinski definition) is 2. The number of aromatic hydroxyl groups is 1. The van der Waals surface area contributed by atoms with E-state index < -0.39 is 0 Å². The molecule has 1 aromatic carbocycles. The molecular weight excluding hydrogens is 224 g/mol. The first-order chi connectivity index (χ1) is 8.69. The molecule has 1 spiro atoms. The van der Waals surface area contributed by atoms with Gasteiger partial charge in [0.1, 0.15) is 17.1 Å². The van der Waals surface area contributed by atoms with Gasteiger partial charge in [0.15, 0.2) is 0 Å². The van der Waals surface area contributed by atoms with Gasteiger partial charge in [-0.05, 0) is 49.8 Å². The lowest BCUT2D eigenvalue weighted by Crippen LogP contribution is -2.42. The Balaban J connectivity index is 2.11. The maximum Gasteiger partial charge on any atom is 0.128 e. The summed E-state index contributed by atoms with van der Waals surface area (Å²) in [5, 5.41) is 10.3. The fraction of sp³-hybridized carbons (Fsp3) is 0.500. The number of hydrogen-bond donors (Lipinski definition) is 1. The standard InChI is InChI=1S/C16H20O2/c1-3-11-10-14-13(12(4-2)15(11)17)6-9-16(18-14)7-5-8-16/h6,9-10,17H,3-5,7-8H2,1-2H3. The molecule has 0 bridgehead atoms. The number of aryl methyl sites for hydroxylation is 1. The Morgan fingerprint density at radius 3 is 2.61 bits per heavy atom. The molecule has 1 aliphatic carbocycles. The van der Waals surface area contributed by atoms with Gasteiger partial charge in [-0.3, -0.25) is 0 Å². The lowest BCUT2D eigenvalue weighted by atomic mass is 9.78. The van der Waals surface area contributed by atoms with E-state index in [1.54, 1.807) is 0 Å². The topological polar surface area (TPSA) is 29.5 Å². The summed E-state index contributed by atoms with van der Waals surface area (Å²) in [5.74, 6) is 1.42. The minimum Gasteiger partial charge on any atom is -0.507 e. The van der Waals surface area contributed by atoms with E-state index in [1.807, 2.05) is 6.07 Å². The highest BCUT2D eigenvalue weighted by molar-refractivity contribution is 5.69. The van der Waals surface area contributed by atoms with Gasteiger partial charge in [-0.25, -0.2) is 0 Å². The Labute approximate surface area is 108 Å². The normalized spacial score (nSPS) is 19.2. The van der Waals surface area contributed by atoms with Crippen LogP contribution in [0.5, 0.6) is 11.5 Å². The average molecular weight is 244 g/mol. The maximum atomic E-state index is 10.3. The molecule has 1 fully saturated rings. The highest BCUT2D eigenvalue weighted by Gasteiger charge is 2.39. The number of fused-ring (bicyclic) bond motifs is 1. The molecule has 0 amide bonds. The van der Waals surface area contributed by atoms with Crippen molar-refractivity contribution in [2.75, 3.05) is 0 Å². The quantitative estimate of drug-likeness (QED) is 0.856. The van der Waals surface area contributed by atoms with Crippen molar-refractivity contribution in [3.05, 3.63) is 28.8 Å². The zero-order valence-corrected chi connectivity index (χ0v) is 11.1. The van der Waals surface area contributed by atoms with Crippen LogP contribution in [-0.2, 0) is 12.8 Å². The molecule has 18 heavy (non-hydrogen) atoms. The lowest BCUT2D eigenvalue weighted by molar-refractivity contribution is 0.0380. The second-order valence-electron chi connectivity index (χ2n) is 5.34. The third-order valence-electron chi connectivity index (χ3n) is 4.29. The third kappa shape index (κ3) is 1.55. The van der Waals surface area contributed by atoms with Gasteiger partial charge in [0, 0.05) is 11.1 Å². The Kier molecular flexibility index (Phi) is 2.61. The summed E-state index contributed by atoms with van der Waals surface area (Å²) in [6, 6.07) is 2.02. The number of rotatable bonds is 2. The van der Waals surface area contributed by atoms with Gasteiger partial charge in [-0.15, -0.1) is 0 Å². The molecule has 1 N–H and O–H groups in total. The first-order valence-electron chi connectivity index (χ1n) is 6.95.